The molecule has 0 aliphatic heterocycles. The van der Waals surface area contributed by atoms with E-state index in [4.69, 9.17) is 44.3 Å². The third-order valence-corrected chi connectivity index (χ3v) is 5.07. The summed E-state index contributed by atoms with van der Waals surface area (Å²) in [5.41, 5.74) is 2.78. The van der Waals surface area contributed by atoms with E-state index in [2.05, 4.69) is 6.07 Å². The van der Waals surface area contributed by atoms with Crippen LogP contribution in [0, 0.1) is 11.3 Å². The lowest BCUT2D eigenvalue weighted by Crippen LogP contribution is -1.99. The summed E-state index contributed by atoms with van der Waals surface area (Å²) in [4.78, 5) is 0. The number of methoxy groups -OCH3 is 1. The topological polar surface area (TPSA) is 42.2 Å². The van der Waals surface area contributed by atoms with E-state index in [0.717, 1.165) is 11.1 Å². The van der Waals surface area contributed by atoms with Crippen LogP contribution in [0.15, 0.2) is 60.7 Å². The van der Waals surface area contributed by atoms with Gasteiger partial charge in [-0.3, -0.25) is 0 Å². The van der Waals surface area contributed by atoms with Crippen molar-refractivity contribution in [3.63, 3.8) is 0 Å². The first-order chi connectivity index (χ1) is 14.0. The summed E-state index contributed by atoms with van der Waals surface area (Å²) in [6.07, 6.45) is 1.73. The summed E-state index contributed by atoms with van der Waals surface area (Å²) in [7, 11) is 1.53. The van der Waals surface area contributed by atoms with Gasteiger partial charge in [0.2, 0.25) is 0 Å². The maximum absolute atomic E-state index is 9.54. The maximum Gasteiger partial charge on any atom is 0.180 e. The maximum atomic E-state index is 9.54. The van der Waals surface area contributed by atoms with Gasteiger partial charge in [-0.15, -0.1) is 0 Å². The Morgan fingerprint density at radius 1 is 1.00 bits per heavy atom. The van der Waals surface area contributed by atoms with Gasteiger partial charge in [-0.25, -0.2) is 0 Å². The first kappa shape index (κ1) is 21.1. The van der Waals surface area contributed by atoms with Crippen LogP contribution in [0.1, 0.15) is 16.7 Å². The average molecular weight is 445 g/mol. The predicted molar refractivity (Wildman–Crippen MR) is 119 cm³/mol. The molecule has 0 bridgehead atoms. The van der Waals surface area contributed by atoms with E-state index in [1.807, 2.05) is 18.2 Å². The molecule has 3 aromatic rings. The molecule has 0 amide bonds. The van der Waals surface area contributed by atoms with Crippen molar-refractivity contribution in [3.8, 4) is 17.6 Å². The van der Waals surface area contributed by atoms with Crippen LogP contribution in [0.5, 0.6) is 11.5 Å². The highest BCUT2D eigenvalue weighted by molar-refractivity contribution is 6.32. The number of hydrogen-bond donors (Lipinski definition) is 0. The molecule has 0 aliphatic rings. The Morgan fingerprint density at radius 3 is 2.38 bits per heavy atom. The van der Waals surface area contributed by atoms with Gasteiger partial charge in [0.15, 0.2) is 11.5 Å². The average Bonchev–Trinajstić information content (AvgIpc) is 2.72. The van der Waals surface area contributed by atoms with Gasteiger partial charge in [0, 0.05) is 15.6 Å². The third kappa shape index (κ3) is 5.25. The molecule has 146 valence electrons. The first-order valence-electron chi connectivity index (χ1n) is 8.63. The minimum absolute atomic E-state index is 0.249. The van der Waals surface area contributed by atoms with Gasteiger partial charge in [0.05, 0.1) is 23.8 Å². The Balaban J connectivity index is 1.90. The lowest BCUT2D eigenvalue weighted by Gasteiger charge is -2.14. The number of ether oxygens (including phenoxy) is 2. The van der Waals surface area contributed by atoms with E-state index in [1.54, 1.807) is 48.5 Å². The highest BCUT2D eigenvalue weighted by atomic mass is 35.5. The summed E-state index contributed by atoms with van der Waals surface area (Å²) in [6.45, 7) is 0.249. The molecule has 3 aromatic carbocycles. The van der Waals surface area contributed by atoms with Gasteiger partial charge in [-0.1, -0.05) is 65.1 Å². The van der Waals surface area contributed by atoms with E-state index in [9.17, 15) is 5.26 Å². The summed E-state index contributed by atoms with van der Waals surface area (Å²) in [6, 6.07) is 20.2. The minimum Gasteiger partial charge on any atom is -0.493 e. The monoisotopic (exact) mass is 443 g/mol. The van der Waals surface area contributed by atoms with E-state index in [1.165, 1.54) is 7.11 Å². The number of halogens is 3. The normalized spacial score (nSPS) is 11.1. The molecule has 3 nitrogen and oxygen atoms in total. The van der Waals surface area contributed by atoms with Crippen molar-refractivity contribution in [1.82, 2.24) is 0 Å². The van der Waals surface area contributed by atoms with Crippen LogP contribution in [-0.2, 0) is 6.61 Å². The smallest absolute Gasteiger partial charge is 0.180 e. The number of rotatable bonds is 6. The van der Waals surface area contributed by atoms with Crippen LogP contribution in [-0.4, -0.2) is 7.11 Å². The fraction of sp³-hybridized carbons (Fsp3) is 0.0870. The van der Waals surface area contributed by atoms with Crippen LogP contribution < -0.4 is 9.47 Å². The number of nitriles is 1. The molecule has 0 spiro atoms. The second-order valence-corrected chi connectivity index (χ2v) is 7.34. The highest BCUT2D eigenvalue weighted by Gasteiger charge is 2.13. The number of allylic oxidation sites excluding steroid dienone is 1. The zero-order chi connectivity index (χ0) is 20.8. The van der Waals surface area contributed by atoms with Crippen molar-refractivity contribution in [2.24, 2.45) is 0 Å². The van der Waals surface area contributed by atoms with Crippen molar-refractivity contribution >= 4 is 46.5 Å². The molecule has 6 heteroatoms. The van der Waals surface area contributed by atoms with Crippen LogP contribution in [0.25, 0.3) is 11.6 Å². The van der Waals surface area contributed by atoms with Crippen molar-refractivity contribution in [3.05, 3.63) is 92.4 Å². The molecule has 0 unspecified atom stereocenters. The number of benzene rings is 3. The highest BCUT2D eigenvalue weighted by Crippen LogP contribution is 2.38. The van der Waals surface area contributed by atoms with E-state index < -0.39 is 0 Å². The number of hydrogen-bond acceptors (Lipinski definition) is 3. The van der Waals surface area contributed by atoms with Crippen molar-refractivity contribution < 1.29 is 9.47 Å². The van der Waals surface area contributed by atoms with Gasteiger partial charge >= 0.3 is 0 Å². The standard InChI is InChI=1S/C23H16Cl3NO2/c1-28-22-12-15(10-18(13-27)16-6-8-19(24)9-7-16)11-21(26)23(22)29-14-17-4-2-3-5-20(17)25/h2-12H,14H2,1H3/b18-10+. The first-order valence-corrected chi connectivity index (χ1v) is 9.76. The third-order valence-electron chi connectivity index (χ3n) is 4.17. The largest absolute Gasteiger partial charge is 0.493 e. The van der Waals surface area contributed by atoms with Crippen molar-refractivity contribution in [2.45, 2.75) is 6.61 Å². The molecule has 0 atom stereocenters. The van der Waals surface area contributed by atoms with E-state index >= 15 is 0 Å². The fourth-order valence-electron chi connectivity index (χ4n) is 2.70. The molecule has 0 aliphatic carbocycles. The SMILES string of the molecule is COc1cc(/C=C(\C#N)c2ccc(Cl)cc2)cc(Cl)c1OCc1ccccc1Cl. The Morgan fingerprint density at radius 2 is 1.72 bits per heavy atom. The number of nitrogens with zero attached hydrogens (tertiary/aromatic N) is 1. The van der Waals surface area contributed by atoms with E-state index in [0.29, 0.717) is 37.7 Å². The summed E-state index contributed by atoms with van der Waals surface area (Å²) in [5, 5.41) is 11.1. The van der Waals surface area contributed by atoms with Crippen LogP contribution in [0.2, 0.25) is 15.1 Å². The van der Waals surface area contributed by atoms with Gasteiger partial charge < -0.3 is 9.47 Å². The summed E-state index contributed by atoms with van der Waals surface area (Å²) >= 11 is 18.5. The molecular formula is C23H16Cl3NO2. The molecule has 0 heterocycles. The molecule has 0 radical (unpaired) electrons. The second kappa shape index (κ2) is 9.71. The Bertz CT molecular complexity index is 1090. The lowest BCUT2D eigenvalue weighted by atomic mass is 10.0. The predicted octanol–water partition coefficient (Wildman–Crippen LogP) is 7.30. The van der Waals surface area contributed by atoms with Crippen molar-refractivity contribution in [1.29, 1.82) is 5.26 Å². The van der Waals surface area contributed by atoms with Crippen LogP contribution in [0.3, 0.4) is 0 Å². The van der Waals surface area contributed by atoms with E-state index in [-0.39, 0.29) is 6.61 Å². The molecule has 0 N–H and O–H groups in total. The minimum atomic E-state index is 0.249. The van der Waals surface area contributed by atoms with Gasteiger partial charge in [-0.2, -0.15) is 5.26 Å². The fourth-order valence-corrected chi connectivity index (χ4v) is 3.29. The molecule has 0 saturated heterocycles. The van der Waals surface area contributed by atoms with Gasteiger partial charge in [0.25, 0.3) is 0 Å². The van der Waals surface area contributed by atoms with Gasteiger partial charge in [-0.05, 0) is 47.5 Å². The Labute approximate surface area is 184 Å². The Kier molecular flexibility index (Phi) is 7.06. The van der Waals surface area contributed by atoms with Gasteiger partial charge in [0.1, 0.15) is 6.61 Å². The second-order valence-electron chi connectivity index (χ2n) is 6.09. The van der Waals surface area contributed by atoms with Crippen molar-refractivity contribution in [2.75, 3.05) is 7.11 Å². The summed E-state index contributed by atoms with van der Waals surface area (Å²) in [5.74, 6) is 0.875. The molecule has 3 rings (SSSR count). The molecule has 0 saturated carbocycles. The molecule has 0 fully saturated rings. The molecule has 0 aromatic heterocycles. The Hall–Kier alpha value is -2.64. The zero-order valence-electron chi connectivity index (χ0n) is 15.5. The molecule has 29 heavy (non-hydrogen) atoms. The van der Waals surface area contributed by atoms with Crippen LogP contribution >= 0.6 is 34.8 Å². The molecular weight excluding hydrogens is 429 g/mol. The van der Waals surface area contributed by atoms with Crippen LogP contribution in [0.4, 0.5) is 0 Å². The zero-order valence-corrected chi connectivity index (χ0v) is 17.7. The lowest BCUT2D eigenvalue weighted by molar-refractivity contribution is 0.285. The quantitative estimate of drug-likeness (QED) is 0.296. The summed E-state index contributed by atoms with van der Waals surface area (Å²) < 4.78 is 11.3.